The van der Waals surface area contributed by atoms with Crippen LogP contribution in [0.15, 0.2) is 76.7 Å². The van der Waals surface area contributed by atoms with Crippen LogP contribution >= 0.6 is 0 Å². The van der Waals surface area contributed by atoms with Crippen molar-refractivity contribution >= 4 is 22.2 Å². The van der Waals surface area contributed by atoms with Crippen molar-refractivity contribution in [1.82, 2.24) is 5.43 Å². The molecule has 0 unspecified atom stereocenters. The van der Waals surface area contributed by atoms with E-state index in [1.165, 1.54) is 37.6 Å². The van der Waals surface area contributed by atoms with Crippen LogP contribution in [-0.4, -0.2) is 41.4 Å². The van der Waals surface area contributed by atoms with Gasteiger partial charge < -0.3 is 18.4 Å². The predicted molar refractivity (Wildman–Crippen MR) is 126 cm³/mol. The maximum Gasteiger partial charge on any atom is 0.339 e. The monoisotopic (exact) mass is 484 g/mol. The highest BCUT2D eigenvalue weighted by atomic mass is 32.2. The molecule has 0 saturated heterocycles. The van der Waals surface area contributed by atoms with Crippen molar-refractivity contribution in [3.05, 3.63) is 77.9 Å². The number of carbonyl (C=O) groups excluding carboxylic acids is 1. The third-order valence-electron chi connectivity index (χ3n) is 4.53. The molecule has 9 nitrogen and oxygen atoms in total. The van der Waals surface area contributed by atoms with E-state index in [1.54, 1.807) is 49.6 Å². The van der Waals surface area contributed by atoms with Gasteiger partial charge in [-0.05, 0) is 67.1 Å². The summed E-state index contributed by atoms with van der Waals surface area (Å²) in [4.78, 5) is 12.0. The fourth-order valence-electron chi connectivity index (χ4n) is 2.74. The molecule has 0 bridgehead atoms. The van der Waals surface area contributed by atoms with Gasteiger partial charge in [0.05, 0.1) is 20.4 Å². The number of nitrogens with one attached hydrogen (secondary N) is 1. The van der Waals surface area contributed by atoms with Crippen LogP contribution in [0.4, 0.5) is 0 Å². The summed E-state index contributed by atoms with van der Waals surface area (Å²) in [7, 11) is -1.08. The first-order valence-electron chi connectivity index (χ1n) is 10.1. The zero-order chi connectivity index (χ0) is 24.6. The van der Waals surface area contributed by atoms with Crippen LogP contribution < -0.4 is 23.8 Å². The quantitative estimate of drug-likeness (QED) is 0.267. The molecule has 0 saturated carbocycles. The molecule has 0 spiro atoms. The van der Waals surface area contributed by atoms with Gasteiger partial charge in [-0.1, -0.05) is 17.7 Å². The second-order valence-corrected chi connectivity index (χ2v) is 8.56. The van der Waals surface area contributed by atoms with Crippen LogP contribution in [0.2, 0.25) is 0 Å². The summed E-state index contributed by atoms with van der Waals surface area (Å²) in [5, 5.41) is 3.88. The maximum atomic E-state index is 12.5. The van der Waals surface area contributed by atoms with Crippen molar-refractivity contribution in [2.75, 3.05) is 20.8 Å². The number of hydrogen-bond acceptors (Lipinski definition) is 8. The molecule has 1 N–H and O–H groups in total. The Labute approximate surface area is 198 Å². The largest absolute Gasteiger partial charge is 0.497 e. The molecule has 1 amide bonds. The van der Waals surface area contributed by atoms with E-state index in [0.29, 0.717) is 17.1 Å². The molecule has 0 radical (unpaired) electrons. The number of carbonyl (C=O) groups is 1. The van der Waals surface area contributed by atoms with Crippen LogP contribution in [0, 0.1) is 6.92 Å². The van der Waals surface area contributed by atoms with Crippen molar-refractivity contribution < 1.29 is 31.6 Å². The van der Waals surface area contributed by atoms with Gasteiger partial charge in [-0.2, -0.15) is 13.5 Å². The Morgan fingerprint density at radius 2 is 1.59 bits per heavy atom. The van der Waals surface area contributed by atoms with Crippen molar-refractivity contribution in [1.29, 1.82) is 0 Å². The van der Waals surface area contributed by atoms with E-state index in [-0.39, 0.29) is 23.0 Å². The molecular formula is C24H24N2O7S. The van der Waals surface area contributed by atoms with Crippen LogP contribution in [0.3, 0.4) is 0 Å². The zero-order valence-electron chi connectivity index (χ0n) is 18.8. The lowest BCUT2D eigenvalue weighted by atomic mass is 10.2. The highest BCUT2D eigenvalue weighted by molar-refractivity contribution is 7.87. The molecular weight excluding hydrogens is 460 g/mol. The average molecular weight is 485 g/mol. The normalized spacial score (nSPS) is 11.1. The Morgan fingerprint density at radius 3 is 2.24 bits per heavy atom. The van der Waals surface area contributed by atoms with Gasteiger partial charge in [-0.3, -0.25) is 4.79 Å². The van der Waals surface area contributed by atoms with E-state index in [4.69, 9.17) is 18.4 Å². The minimum Gasteiger partial charge on any atom is -0.497 e. The van der Waals surface area contributed by atoms with Gasteiger partial charge in [0.25, 0.3) is 5.91 Å². The number of benzene rings is 3. The summed E-state index contributed by atoms with van der Waals surface area (Å²) in [6, 6.07) is 17.7. The standard InChI is InChI=1S/C24H24N2O7S/c1-17-4-11-21(12-5-17)34(28,29)33-22-13-6-18(14-23(22)31-3)15-25-26-24(27)16-32-20-9-7-19(30-2)8-10-20/h4-15H,16H2,1-3H3,(H,26,27)/b25-15+. The van der Waals surface area contributed by atoms with Gasteiger partial charge in [0.1, 0.15) is 16.4 Å². The fourth-order valence-corrected chi connectivity index (χ4v) is 3.68. The van der Waals surface area contributed by atoms with E-state index in [2.05, 4.69) is 10.5 Å². The van der Waals surface area contributed by atoms with Crippen LogP contribution in [0.1, 0.15) is 11.1 Å². The van der Waals surface area contributed by atoms with Gasteiger partial charge in [-0.25, -0.2) is 5.43 Å². The number of aryl methyl sites for hydroxylation is 1. The van der Waals surface area contributed by atoms with E-state index >= 15 is 0 Å². The number of hydrazone groups is 1. The molecule has 34 heavy (non-hydrogen) atoms. The highest BCUT2D eigenvalue weighted by Crippen LogP contribution is 2.30. The third-order valence-corrected chi connectivity index (χ3v) is 5.78. The lowest BCUT2D eigenvalue weighted by molar-refractivity contribution is -0.123. The number of hydrogen-bond donors (Lipinski definition) is 1. The lowest BCUT2D eigenvalue weighted by Crippen LogP contribution is -2.24. The second-order valence-electron chi connectivity index (χ2n) is 7.02. The zero-order valence-corrected chi connectivity index (χ0v) is 19.7. The Morgan fingerprint density at radius 1 is 0.912 bits per heavy atom. The molecule has 0 aliphatic heterocycles. The maximum absolute atomic E-state index is 12.5. The average Bonchev–Trinajstić information content (AvgIpc) is 2.84. The Hall–Kier alpha value is -4.05. The minimum atomic E-state index is -4.03. The van der Waals surface area contributed by atoms with Crippen LogP contribution in [0.25, 0.3) is 0 Å². The number of amides is 1. The Kier molecular flexibility index (Phi) is 8.10. The summed E-state index contributed by atoms with van der Waals surface area (Å²) >= 11 is 0. The molecule has 3 aromatic carbocycles. The molecule has 10 heteroatoms. The SMILES string of the molecule is COc1ccc(OCC(=O)N/N=C/c2ccc(OS(=O)(=O)c3ccc(C)cc3)c(OC)c2)cc1. The van der Waals surface area contributed by atoms with E-state index in [1.807, 2.05) is 6.92 Å². The topological polar surface area (TPSA) is 113 Å². The molecule has 0 aliphatic carbocycles. The summed E-state index contributed by atoms with van der Waals surface area (Å²) in [6.45, 7) is 1.63. The van der Waals surface area contributed by atoms with Gasteiger partial charge in [-0.15, -0.1) is 0 Å². The summed E-state index contributed by atoms with van der Waals surface area (Å²) < 4.78 is 46.0. The van der Waals surface area contributed by atoms with E-state index < -0.39 is 16.0 Å². The summed E-state index contributed by atoms with van der Waals surface area (Å²) in [5.41, 5.74) is 3.83. The molecule has 3 aromatic rings. The van der Waals surface area contributed by atoms with E-state index in [9.17, 15) is 13.2 Å². The fraction of sp³-hybridized carbons (Fsp3) is 0.167. The van der Waals surface area contributed by atoms with Crippen molar-refractivity contribution in [2.24, 2.45) is 5.10 Å². The van der Waals surface area contributed by atoms with E-state index in [0.717, 1.165) is 5.56 Å². The molecule has 0 heterocycles. The molecule has 0 aromatic heterocycles. The number of ether oxygens (including phenoxy) is 3. The summed E-state index contributed by atoms with van der Waals surface area (Å²) in [6.07, 6.45) is 1.38. The number of nitrogens with zero attached hydrogens (tertiary/aromatic N) is 1. The second kappa shape index (κ2) is 11.2. The molecule has 0 aliphatic rings. The third kappa shape index (κ3) is 6.72. The molecule has 3 rings (SSSR count). The van der Waals surface area contributed by atoms with Crippen LogP contribution in [-0.2, 0) is 14.9 Å². The van der Waals surface area contributed by atoms with Crippen molar-refractivity contribution in [3.8, 4) is 23.0 Å². The van der Waals surface area contributed by atoms with Gasteiger partial charge >= 0.3 is 10.1 Å². The number of rotatable bonds is 10. The van der Waals surface area contributed by atoms with Crippen LogP contribution in [0.5, 0.6) is 23.0 Å². The molecule has 178 valence electrons. The van der Waals surface area contributed by atoms with Crippen molar-refractivity contribution in [3.63, 3.8) is 0 Å². The smallest absolute Gasteiger partial charge is 0.339 e. The molecule has 0 fully saturated rings. The number of methoxy groups -OCH3 is 2. The predicted octanol–water partition coefficient (Wildman–Crippen LogP) is 3.31. The first kappa shape index (κ1) is 24.6. The Bertz CT molecular complexity index is 1260. The van der Waals surface area contributed by atoms with Gasteiger partial charge in [0, 0.05) is 0 Å². The van der Waals surface area contributed by atoms with Gasteiger partial charge in [0.15, 0.2) is 18.1 Å². The highest BCUT2D eigenvalue weighted by Gasteiger charge is 2.19. The molecule has 0 atom stereocenters. The lowest BCUT2D eigenvalue weighted by Gasteiger charge is -2.11. The first-order chi connectivity index (χ1) is 16.3. The van der Waals surface area contributed by atoms with Crippen molar-refractivity contribution in [2.45, 2.75) is 11.8 Å². The van der Waals surface area contributed by atoms with Gasteiger partial charge in [0.2, 0.25) is 0 Å². The first-order valence-corrected chi connectivity index (χ1v) is 11.5. The minimum absolute atomic E-state index is 0.0251. The summed E-state index contributed by atoms with van der Waals surface area (Å²) in [5.74, 6) is 0.955. The Balaban J connectivity index is 1.58.